The first-order chi connectivity index (χ1) is 10.5. The van der Waals surface area contributed by atoms with Gasteiger partial charge in [0.05, 0.1) is 6.54 Å². The maximum atomic E-state index is 11.8. The molecule has 0 unspecified atom stereocenters. The predicted molar refractivity (Wildman–Crippen MR) is 77.5 cm³/mol. The van der Waals surface area contributed by atoms with Gasteiger partial charge >= 0.3 is 18.0 Å². The molecule has 22 heavy (non-hydrogen) atoms. The third kappa shape index (κ3) is 4.17. The Morgan fingerprint density at radius 2 is 2.14 bits per heavy atom. The highest BCUT2D eigenvalue weighted by Gasteiger charge is 2.34. The zero-order chi connectivity index (χ0) is 16.1. The Labute approximate surface area is 128 Å². The van der Waals surface area contributed by atoms with Gasteiger partial charge in [-0.25, -0.2) is 4.79 Å². The van der Waals surface area contributed by atoms with Crippen molar-refractivity contribution in [2.45, 2.75) is 45.2 Å². The molecule has 1 aromatic rings. The van der Waals surface area contributed by atoms with Gasteiger partial charge in [-0.05, 0) is 19.4 Å². The number of carbonyl (C=O) groups excluding carboxylic acids is 1. The summed E-state index contributed by atoms with van der Waals surface area (Å²) in [4.78, 5) is 28.4. The van der Waals surface area contributed by atoms with Gasteiger partial charge in [0.2, 0.25) is 0 Å². The van der Waals surface area contributed by atoms with Crippen LogP contribution >= 0.6 is 0 Å². The van der Waals surface area contributed by atoms with Crippen molar-refractivity contribution in [3.8, 4) is 0 Å². The Bertz CT molecular complexity index is 526. The third-order valence-electron chi connectivity index (χ3n) is 3.71. The van der Waals surface area contributed by atoms with Crippen LogP contribution in [-0.4, -0.2) is 57.3 Å². The van der Waals surface area contributed by atoms with Crippen molar-refractivity contribution in [1.82, 2.24) is 20.4 Å². The molecule has 122 valence electrons. The molecule has 3 N–H and O–H groups in total. The van der Waals surface area contributed by atoms with Gasteiger partial charge in [0.1, 0.15) is 0 Å². The van der Waals surface area contributed by atoms with Gasteiger partial charge in [0.25, 0.3) is 0 Å². The van der Waals surface area contributed by atoms with Gasteiger partial charge < -0.3 is 14.9 Å². The largest absolute Gasteiger partial charge is 0.480 e. The Morgan fingerprint density at radius 3 is 2.68 bits per heavy atom. The SMILES string of the molecule is CCc1noc(NC(=O)NC2CC(N(CC)CC(=O)O)C2)n1. The highest BCUT2D eigenvalue weighted by molar-refractivity contribution is 5.87. The van der Waals surface area contributed by atoms with Crippen LogP contribution in [0.25, 0.3) is 0 Å². The Hall–Kier alpha value is -2.16. The van der Waals surface area contributed by atoms with Gasteiger partial charge in [0, 0.05) is 18.5 Å². The van der Waals surface area contributed by atoms with Crippen LogP contribution in [-0.2, 0) is 11.2 Å². The smallest absolute Gasteiger partial charge is 0.329 e. The maximum absolute atomic E-state index is 11.8. The summed E-state index contributed by atoms with van der Waals surface area (Å²) in [7, 11) is 0. The van der Waals surface area contributed by atoms with Gasteiger partial charge in [0.15, 0.2) is 5.82 Å². The summed E-state index contributed by atoms with van der Waals surface area (Å²) in [5.41, 5.74) is 0. The van der Waals surface area contributed by atoms with Crippen molar-refractivity contribution in [1.29, 1.82) is 0 Å². The van der Waals surface area contributed by atoms with Crippen LogP contribution in [0, 0.1) is 0 Å². The molecule has 0 bridgehead atoms. The summed E-state index contributed by atoms with van der Waals surface area (Å²) in [5.74, 6) is -0.301. The highest BCUT2D eigenvalue weighted by Crippen LogP contribution is 2.25. The minimum Gasteiger partial charge on any atom is -0.480 e. The summed E-state index contributed by atoms with van der Waals surface area (Å²) >= 11 is 0. The van der Waals surface area contributed by atoms with Crippen LogP contribution in [0.4, 0.5) is 10.8 Å². The zero-order valence-electron chi connectivity index (χ0n) is 12.7. The van der Waals surface area contributed by atoms with Crippen LogP contribution in [0.1, 0.15) is 32.5 Å². The van der Waals surface area contributed by atoms with Gasteiger partial charge in [-0.2, -0.15) is 4.98 Å². The molecule has 0 spiro atoms. The summed E-state index contributed by atoms with van der Waals surface area (Å²) in [6, 6.07) is -0.0924. The van der Waals surface area contributed by atoms with E-state index in [2.05, 4.69) is 20.8 Å². The van der Waals surface area contributed by atoms with Gasteiger partial charge in [-0.3, -0.25) is 15.0 Å². The Balaban J connectivity index is 1.72. The van der Waals surface area contributed by atoms with E-state index in [9.17, 15) is 9.59 Å². The molecule has 0 saturated heterocycles. The van der Waals surface area contributed by atoms with E-state index in [0.29, 0.717) is 18.8 Å². The highest BCUT2D eigenvalue weighted by atomic mass is 16.5. The predicted octanol–water partition coefficient (Wildman–Crippen LogP) is 0.691. The molecule has 1 saturated carbocycles. The third-order valence-corrected chi connectivity index (χ3v) is 3.71. The number of anilines is 1. The summed E-state index contributed by atoms with van der Waals surface area (Å²) < 4.78 is 4.87. The van der Waals surface area contributed by atoms with Crippen molar-refractivity contribution >= 4 is 18.0 Å². The first-order valence-electron chi connectivity index (χ1n) is 7.37. The van der Waals surface area contributed by atoms with Crippen molar-refractivity contribution in [2.24, 2.45) is 0 Å². The fraction of sp³-hybridized carbons (Fsp3) is 0.692. The topological polar surface area (TPSA) is 121 Å². The lowest BCUT2D eigenvalue weighted by molar-refractivity contribution is -0.139. The quantitative estimate of drug-likeness (QED) is 0.677. The first kappa shape index (κ1) is 16.2. The number of nitrogens with zero attached hydrogens (tertiary/aromatic N) is 3. The monoisotopic (exact) mass is 311 g/mol. The molecule has 1 aliphatic rings. The van der Waals surface area contributed by atoms with E-state index in [1.54, 1.807) is 0 Å². The van der Waals surface area contributed by atoms with Gasteiger partial charge in [-0.15, -0.1) is 0 Å². The number of carboxylic acids is 1. The lowest BCUT2D eigenvalue weighted by atomic mass is 9.85. The van der Waals surface area contributed by atoms with E-state index in [0.717, 1.165) is 12.8 Å². The molecule has 2 amide bonds. The fourth-order valence-electron chi connectivity index (χ4n) is 2.44. The van der Waals surface area contributed by atoms with Crippen molar-refractivity contribution in [3.05, 3.63) is 5.82 Å². The Kier molecular flexibility index (Phi) is 5.31. The number of urea groups is 1. The van der Waals surface area contributed by atoms with Crippen molar-refractivity contribution < 1.29 is 19.2 Å². The molecule has 1 aromatic heterocycles. The molecule has 2 rings (SSSR count). The number of aromatic nitrogens is 2. The standard InChI is InChI=1S/C13H21N5O4/c1-3-10-15-13(22-17-10)16-12(21)14-8-5-9(6-8)18(4-2)7-11(19)20/h8-9H,3-7H2,1-2H3,(H,19,20)(H2,14,15,16,17,21). The van der Waals surface area contributed by atoms with E-state index in [1.807, 2.05) is 18.7 Å². The molecule has 0 aromatic carbocycles. The van der Waals surface area contributed by atoms with Gasteiger partial charge in [-0.1, -0.05) is 19.0 Å². The summed E-state index contributed by atoms with van der Waals surface area (Å²) in [6.45, 7) is 4.52. The van der Waals surface area contributed by atoms with E-state index in [4.69, 9.17) is 9.63 Å². The number of carboxylic acid groups (broad SMARTS) is 1. The number of nitrogens with one attached hydrogen (secondary N) is 2. The second kappa shape index (κ2) is 7.21. The average molecular weight is 311 g/mol. The number of aryl methyl sites for hydroxylation is 1. The first-order valence-corrected chi connectivity index (χ1v) is 7.37. The van der Waals surface area contributed by atoms with Crippen LogP contribution < -0.4 is 10.6 Å². The number of amides is 2. The maximum Gasteiger partial charge on any atom is 0.329 e. The lowest BCUT2D eigenvalue weighted by Crippen LogP contribution is -2.55. The lowest BCUT2D eigenvalue weighted by Gasteiger charge is -2.42. The van der Waals surface area contributed by atoms with Crippen LogP contribution in [0.2, 0.25) is 0 Å². The van der Waals surface area contributed by atoms with Crippen LogP contribution in [0.15, 0.2) is 4.52 Å². The van der Waals surface area contributed by atoms with E-state index in [1.165, 1.54) is 0 Å². The molecular formula is C13H21N5O4. The molecule has 0 atom stereocenters. The number of likely N-dealkylation sites (N-methyl/N-ethyl adjacent to an activating group) is 1. The Morgan fingerprint density at radius 1 is 1.41 bits per heavy atom. The number of aliphatic carboxylic acids is 1. The van der Waals surface area contributed by atoms with Crippen LogP contribution in [0.5, 0.6) is 0 Å². The summed E-state index contributed by atoms with van der Waals surface area (Å²) in [6.07, 6.45) is 2.10. The molecule has 0 radical (unpaired) electrons. The minimum atomic E-state index is -0.834. The number of carbonyl (C=O) groups is 2. The second-order valence-electron chi connectivity index (χ2n) is 5.25. The molecule has 9 nitrogen and oxygen atoms in total. The molecule has 1 heterocycles. The molecule has 0 aliphatic heterocycles. The van der Waals surface area contributed by atoms with E-state index >= 15 is 0 Å². The second-order valence-corrected chi connectivity index (χ2v) is 5.25. The normalized spacial score (nSPS) is 20.5. The number of rotatable bonds is 7. The number of hydrogen-bond donors (Lipinski definition) is 3. The zero-order valence-corrected chi connectivity index (χ0v) is 12.7. The number of hydrogen-bond acceptors (Lipinski definition) is 6. The molecule has 1 fully saturated rings. The molecule has 9 heteroatoms. The minimum absolute atomic E-state index is 0.0291. The molecular weight excluding hydrogens is 290 g/mol. The molecule has 1 aliphatic carbocycles. The van der Waals surface area contributed by atoms with E-state index < -0.39 is 12.0 Å². The van der Waals surface area contributed by atoms with E-state index in [-0.39, 0.29) is 24.6 Å². The average Bonchev–Trinajstić information content (AvgIpc) is 2.87. The van der Waals surface area contributed by atoms with Crippen molar-refractivity contribution in [3.63, 3.8) is 0 Å². The fourth-order valence-corrected chi connectivity index (χ4v) is 2.44. The van der Waals surface area contributed by atoms with Crippen LogP contribution in [0.3, 0.4) is 0 Å². The summed E-state index contributed by atoms with van der Waals surface area (Å²) in [5, 5.41) is 17.8. The van der Waals surface area contributed by atoms with Crippen molar-refractivity contribution in [2.75, 3.05) is 18.4 Å².